The Morgan fingerprint density at radius 1 is 1.28 bits per heavy atom. The van der Waals surface area contributed by atoms with Crippen LogP contribution in [0.3, 0.4) is 0 Å². The maximum absolute atomic E-state index is 6.16. The highest BCUT2D eigenvalue weighted by Gasteiger charge is 2.08. The predicted molar refractivity (Wildman–Crippen MR) is 111 cm³/mol. The molecule has 2 rings (SSSR count). The molecular weight excluding hydrogens is 352 g/mol. The van der Waals surface area contributed by atoms with Crippen LogP contribution >= 0.6 is 23.8 Å². The van der Waals surface area contributed by atoms with E-state index in [4.69, 9.17) is 23.8 Å². The summed E-state index contributed by atoms with van der Waals surface area (Å²) in [5, 5.41) is 12.3. The van der Waals surface area contributed by atoms with Gasteiger partial charge in [0.1, 0.15) is 0 Å². The Morgan fingerprint density at radius 3 is 2.52 bits per heavy atom. The molecule has 0 fully saturated rings. The Kier molecular flexibility index (Phi) is 7.26. The standard InChI is InChI=1S/C19H27ClN4S/c1-5-13(2)16-7-9-17(10-8-16)22-19(25)21-11-6-12-24-15(4)18(20)14(3)23-24/h7-10,13H,5-6,11-12H2,1-4H3,(H2,21,22,25). The van der Waals surface area contributed by atoms with Crippen LogP contribution in [-0.4, -0.2) is 21.4 Å². The topological polar surface area (TPSA) is 41.9 Å². The minimum Gasteiger partial charge on any atom is -0.362 e. The molecule has 4 nitrogen and oxygen atoms in total. The first-order valence-electron chi connectivity index (χ1n) is 8.76. The molecule has 1 atom stereocenters. The zero-order valence-corrected chi connectivity index (χ0v) is 17.0. The molecule has 1 unspecified atom stereocenters. The van der Waals surface area contributed by atoms with E-state index >= 15 is 0 Å². The molecule has 0 bridgehead atoms. The Bertz CT molecular complexity index is 709. The zero-order chi connectivity index (χ0) is 18.4. The van der Waals surface area contributed by atoms with Crippen molar-refractivity contribution in [2.45, 2.75) is 53.0 Å². The second kappa shape index (κ2) is 9.20. The van der Waals surface area contributed by atoms with Crippen molar-refractivity contribution in [1.29, 1.82) is 0 Å². The largest absolute Gasteiger partial charge is 0.362 e. The molecule has 6 heteroatoms. The zero-order valence-electron chi connectivity index (χ0n) is 15.4. The van der Waals surface area contributed by atoms with Crippen molar-refractivity contribution in [3.05, 3.63) is 46.2 Å². The molecule has 0 spiro atoms. The van der Waals surface area contributed by atoms with Crippen molar-refractivity contribution in [2.75, 3.05) is 11.9 Å². The van der Waals surface area contributed by atoms with E-state index in [1.54, 1.807) is 0 Å². The Hall–Kier alpha value is -1.59. The van der Waals surface area contributed by atoms with Gasteiger partial charge in [0.05, 0.1) is 16.4 Å². The van der Waals surface area contributed by atoms with Gasteiger partial charge in [-0.25, -0.2) is 0 Å². The van der Waals surface area contributed by atoms with Crippen LogP contribution in [0.1, 0.15) is 49.6 Å². The van der Waals surface area contributed by atoms with Crippen LogP contribution in [0, 0.1) is 13.8 Å². The van der Waals surface area contributed by atoms with E-state index in [9.17, 15) is 0 Å². The first-order valence-corrected chi connectivity index (χ1v) is 9.55. The lowest BCUT2D eigenvalue weighted by Gasteiger charge is -2.13. The molecule has 1 aromatic heterocycles. The van der Waals surface area contributed by atoms with Crippen LogP contribution in [-0.2, 0) is 6.54 Å². The fourth-order valence-electron chi connectivity index (χ4n) is 2.63. The van der Waals surface area contributed by atoms with E-state index in [-0.39, 0.29) is 0 Å². The summed E-state index contributed by atoms with van der Waals surface area (Å²) in [6.07, 6.45) is 2.07. The highest BCUT2D eigenvalue weighted by atomic mass is 35.5. The fraction of sp³-hybridized carbons (Fsp3) is 0.474. The molecule has 1 aromatic carbocycles. The van der Waals surface area contributed by atoms with Gasteiger partial charge in [-0.05, 0) is 62.5 Å². The van der Waals surface area contributed by atoms with Crippen LogP contribution in [0.15, 0.2) is 24.3 Å². The molecule has 136 valence electrons. The highest BCUT2D eigenvalue weighted by Crippen LogP contribution is 2.20. The summed E-state index contributed by atoms with van der Waals surface area (Å²) in [7, 11) is 0. The number of halogens is 1. The predicted octanol–water partition coefficient (Wildman–Crippen LogP) is 5.04. The molecule has 2 aromatic rings. The lowest BCUT2D eigenvalue weighted by atomic mass is 9.99. The van der Waals surface area contributed by atoms with Crippen molar-refractivity contribution >= 4 is 34.6 Å². The van der Waals surface area contributed by atoms with E-state index < -0.39 is 0 Å². The second-order valence-corrected chi connectivity index (χ2v) is 7.16. The van der Waals surface area contributed by atoms with Gasteiger partial charge < -0.3 is 10.6 Å². The molecule has 0 aliphatic carbocycles. The number of hydrogen-bond donors (Lipinski definition) is 2. The second-order valence-electron chi connectivity index (χ2n) is 6.37. The van der Waals surface area contributed by atoms with Crippen molar-refractivity contribution < 1.29 is 0 Å². The van der Waals surface area contributed by atoms with Crippen LogP contribution in [0.5, 0.6) is 0 Å². The van der Waals surface area contributed by atoms with Gasteiger partial charge in [-0.1, -0.05) is 37.6 Å². The average molecular weight is 379 g/mol. The molecule has 0 aliphatic rings. The smallest absolute Gasteiger partial charge is 0.170 e. The van der Waals surface area contributed by atoms with Gasteiger partial charge in [0, 0.05) is 18.8 Å². The number of anilines is 1. The van der Waals surface area contributed by atoms with Gasteiger partial charge in [-0.3, -0.25) is 4.68 Å². The van der Waals surface area contributed by atoms with Crippen molar-refractivity contribution in [3.63, 3.8) is 0 Å². The third kappa shape index (κ3) is 5.44. The number of benzene rings is 1. The number of nitrogens with one attached hydrogen (secondary N) is 2. The molecule has 0 saturated heterocycles. The van der Waals surface area contributed by atoms with Gasteiger partial charge >= 0.3 is 0 Å². The number of hydrogen-bond acceptors (Lipinski definition) is 2. The van der Waals surface area contributed by atoms with Gasteiger partial charge in [-0.15, -0.1) is 0 Å². The van der Waals surface area contributed by atoms with Crippen molar-refractivity contribution in [2.24, 2.45) is 0 Å². The molecule has 25 heavy (non-hydrogen) atoms. The van der Waals surface area contributed by atoms with E-state index in [1.807, 2.05) is 18.5 Å². The number of rotatable bonds is 7. The van der Waals surface area contributed by atoms with E-state index in [0.29, 0.717) is 11.0 Å². The normalized spacial score (nSPS) is 12.0. The maximum Gasteiger partial charge on any atom is 0.170 e. The molecule has 0 aliphatic heterocycles. The average Bonchev–Trinajstić information content (AvgIpc) is 2.85. The molecule has 0 amide bonds. The highest BCUT2D eigenvalue weighted by molar-refractivity contribution is 7.80. The first kappa shape index (κ1) is 19.7. The van der Waals surface area contributed by atoms with Crippen LogP contribution < -0.4 is 10.6 Å². The van der Waals surface area contributed by atoms with Gasteiger partial charge in [-0.2, -0.15) is 5.10 Å². The van der Waals surface area contributed by atoms with Crippen molar-refractivity contribution in [1.82, 2.24) is 15.1 Å². The van der Waals surface area contributed by atoms with Gasteiger partial charge in [0.15, 0.2) is 5.11 Å². The van der Waals surface area contributed by atoms with E-state index in [1.165, 1.54) is 5.56 Å². The Labute approximate surface area is 161 Å². The summed E-state index contributed by atoms with van der Waals surface area (Å²) >= 11 is 11.5. The van der Waals surface area contributed by atoms with Crippen LogP contribution in [0.4, 0.5) is 5.69 Å². The molecular formula is C19H27ClN4S. The number of nitrogens with zero attached hydrogens (tertiary/aromatic N) is 2. The Morgan fingerprint density at radius 2 is 1.96 bits per heavy atom. The van der Waals surface area contributed by atoms with Gasteiger partial charge in [0.25, 0.3) is 0 Å². The van der Waals surface area contributed by atoms with Crippen LogP contribution in [0.2, 0.25) is 5.02 Å². The number of aromatic nitrogens is 2. The van der Waals surface area contributed by atoms with Crippen molar-refractivity contribution in [3.8, 4) is 0 Å². The SMILES string of the molecule is CCC(C)c1ccc(NC(=S)NCCCn2nc(C)c(Cl)c2C)cc1. The summed E-state index contributed by atoms with van der Waals surface area (Å²) in [4.78, 5) is 0. The lowest BCUT2D eigenvalue weighted by Crippen LogP contribution is -2.29. The molecule has 0 saturated carbocycles. The molecule has 2 N–H and O–H groups in total. The lowest BCUT2D eigenvalue weighted by molar-refractivity contribution is 0.558. The first-order chi connectivity index (χ1) is 11.9. The molecule has 0 radical (unpaired) electrons. The fourth-order valence-corrected chi connectivity index (χ4v) is 2.98. The molecule has 1 heterocycles. The summed E-state index contributed by atoms with van der Waals surface area (Å²) in [5.41, 5.74) is 4.26. The summed E-state index contributed by atoms with van der Waals surface area (Å²) in [6.45, 7) is 9.96. The maximum atomic E-state index is 6.16. The number of aryl methyl sites for hydroxylation is 2. The summed E-state index contributed by atoms with van der Waals surface area (Å²) in [5.74, 6) is 0.585. The van der Waals surface area contributed by atoms with Gasteiger partial charge in [0.2, 0.25) is 0 Å². The summed E-state index contributed by atoms with van der Waals surface area (Å²) in [6, 6.07) is 8.47. The van der Waals surface area contributed by atoms with Crippen LogP contribution in [0.25, 0.3) is 0 Å². The monoisotopic (exact) mass is 378 g/mol. The third-order valence-electron chi connectivity index (χ3n) is 4.48. The van der Waals surface area contributed by atoms with E-state index in [2.05, 4.69) is 53.8 Å². The minimum absolute atomic E-state index is 0.585. The van der Waals surface area contributed by atoms with E-state index in [0.717, 1.165) is 48.0 Å². The third-order valence-corrected chi connectivity index (χ3v) is 5.27. The minimum atomic E-state index is 0.585. The summed E-state index contributed by atoms with van der Waals surface area (Å²) < 4.78 is 1.95. The Balaban J connectivity index is 1.74. The number of thiocarbonyl (C=S) groups is 1. The quantitative estimate of drug-likeness (QED) is 0.523.